The minimum absolute atomic E-state index is 0.105. The van der Waals surface area contributed by atoms with E-state index in [0.29, 0.717) is 0 Å². The molecule has 0 radical (unpaired) electrons. The topological polar surface area (TPSA) is 37.6 Å². The molecule has 0 N–H and O–H groups in total. The predicted octanol–water partition coefficient (Wildman–Crippen LogP) is 5.44. The van der Waals surface area contributed by atoms with Crippen LogP contribution in [0.25, 0.3) is 0 Å². The number of hydrogen-bond acceptors (Lipinski definition) is 3. The molecule has 2 aromatic carbocycles. The first-order valence-corrected chi connectivity index (χ1v) is 8.85. The fraction of sp³-hybridized carbons (Fsp3) is 0.174. The molecule has 0 amide bonds. The first kappa shape index (κ1) is 17.7. The van der Waals surface area contributed by atoms with Crippen LogP contribution in [0.2, 0.25) is 0 Å². The summed E-state index contributed by atoms with van der Waals surface area (Å²) < 4.78 is 0. The molecule has 1 aromatic heterocycles. The molecule has 0 spiro atoms. The number of hydrogen-bond donors (Lipinski definition) is 0. The Morgan fingerprint density at radius 2 is 1.04 bits per heavy atom. The van der Waals surface area contributed by atoms with Gasteiger partial charge in [0.2, 0.25) is 0 Å². The first-order chi connectivity index (χ1) is 12.7. The first-order valence-electron chi connectivity index (χ1n) is 8.85. The van der Waals surface area contributed by atoms with Crippen LogP contribution in [0.1, 0.15) is 48.4 Å². The molecule has 1 heterocycles. The Morgan fingerprint density at radius 1 is 0.615 bits per heavy atom. The normalized spacial score (nSPS) is 13.9. The van der Waals surface area contributed by atoms with Gasteiger partial charge in [0.1, 0.15) is 0 Å². The predicted molar refractivity (Wildman–Crippen MR) is 109 cm³/mol. The van der Waals surface area contributed by atoms with Crippen LogP contribution in [0.3, 0.4) is 0 Å². The number of rotatable bonds is 6. The van der Waals surface area contributed by atoms with E-state index in [4.69, 9.17) is 0 Å². The highest BCUT2D eigenvalue weighted by Gasteiger charge is 2.02. The van der Waals surface area contributed by atoms with Crippen molar-refractivity contribution in [3.8, 4) is 0 Å². The van der Waals surface area contributed by atoms with Gasteiger partial charge in [0.15, 0.2) is 0 Å². The lowest BCUT2D eigenvalue weighted by Gasteiger charge is -2.06. The average Bonchev–Trinajstić information content (AvgIpc) is 2.72. The summed E-state index contributed by atoms with van der Waals surface area (Å²) >= 11 is 0. The van der Waals surface area contributed by atoms with Crippen molar-refractivity contribution >= 4 is 12.4 Å². The van der Waals surface area contributed by atoms with Crippen LogP contribution in [-0.2, 0) is 0 Å². The molecule has 3 aromatic rings. The zero-order valence-corrected chi connectivity index (χ0v) is 15.2. The molecule has 26 heavy (non-hydrogen) atoms. The molecule has 0 aliphatic carbocycles. The van der Waals surface area contributed by atoms with Gasteiger partial charge in [0, 0.05) is 12.4 Å². The molecule has 0 aliphatic heterocycles. The second-order valence-corrected chi connectivity index (χ2v) is 6.22. The van der Waals surface area contributed by atoms with Gasteiger partial charge < -0.3 is 0 Å². The lowest BCUT2D eigenvalue weighted by atomic mass is 10.1. The van der Waals surface area contributed by atoms with E-state index in [9.17, 15) is 0 Å². The molecule has 3 heteroatoms. The second-order valence-electron chi connectivity index (χ2n) is 6.22. The van der Waals surface area contributed by atoms with Crippen LogP contribution in [0.5, 0.6) is 0 Å². The van der Waals surface area contributed by atoms with Crippen molar-refractivity contribution in [2.45, 2.75) is 25.9 Å². The van der Waals surface area contributed by atoms with Crippen LogP contribution < -0.4 is 0 Å². The number of pyridine rings is 1. The Balaban J connectivity index is 1.68. The maximum Gasteiger partial charge on any atom is 0.0816 e. The Labute approximate surface area is 155 Å². The Morgan fingerprint density at radius 3 is 1.46 bits per heavy atom. The Bertz CT molecular complexity index is 799. The molecular weight excluding hydrogens is 318 g/mol. The van der Waals surface area contributed by atoms with Crippen LogP contribution in [0, 0.1) is 0 Å². The lowest BCUT2D eigenvalue weighted by molar-refractivity contribution is 0.823. The van der Waals surface area contributed by atoms with Gasteiger partial charge in [-0.05, 0) is 37.1 Å². The maximum absolute atomic E-state index is 4.62. The van der Waals surface area contributed by atoms with E-state index in [2.05, 4.69) is 53.1 Å². The van der Waals surface area contributed by atoms with Crippen molar-refractivity contribution in [2.24, 2.45) is 9.98 Å². The highest BCUT2D eigenvalue weighted by Crippen LogP contribution is 2.16. The molecule has 3 nitrogen and oxygen atoms in total. The van der Waals surface area contributed by atoms with E-state index in [1.54, 1.807) is 0 Å². The monoisotopic (exact) mass is 341 g/mol. The van der Waals surface area contributed by atoms with Gasteiger partial charge in [0.25, 0.3) is 0 Å². The van der Waals surface area contributed by atoms with Gasteiger partial charge in [-0.15, -0.1) is 0 Å². The molecule has 0 saturated carbocycles. The summed E-state index contributed by atoms with van der Waals surface area (Å²) in [4.78, 5) is 13.8. The molecule has 130 valence electrons. The van der Waals surface area contributed by atoms with Crippen LogP contribution in [-0.4, -0.2) is 17.4 Å². The fourth-order valence-electron chi connectivity index (χ4n) is 2.62. The van der Waals surface area contributed by atoms with Gasteiger partial charge >= 0.3 is 0 Å². The summed E-state index contributed by atoms with van der Waals surface area (Å²) in [5.74, 6) is 0. The number of aromatic nitrogens is 1. The van der Waals surface area contributed by atoms with Crippen molar-refractivity contribution in [1.29, 1.82) is 0 Å². The number of benzene rings is 2. The van der Waals surface area contributed by atoms with E-state index in [-0.39, 0.29) is 12.1 Å². The minimum Gasteiger partial charge on any atom is -0.283 e. The van der Waals surface area contributed by atoms with Crippen molar-refractivity contribution in [3.05, 3.63) is 101 Å². The van der Waals surface area contributed by atoms with E-state index >= 15 is 0 Å². The zero-order chi connectivity index (χ0) is 18.2. The molecular formula is C23H23N3. The summed E-state index contributed by atoms with van der Waals surface area (Å²) in [6.45, 7) is 4.16. The van der Waals surface area contributed by atoms with E-state index < -0.39 is 0 Å². The highest BCUT2D eigenvalue weighted by atomic mass is 14.8. The smallest absolute Gasteiger partial charge is 0.0816 e. The average molecular weight is 341 g/mol. The molecule has 0 aliphatic rings. The van der Waals surface area contributed by atoms with E-state index in [1.807, 2.05) is 67.0 Å². The molecule has 0 bridgehead atoms. The fourth-order valence-corrected chi connectivity index (χ4v) is 2.62. The number of aliphatic imine (C=N–C) groups is 2. The summed E-state index contributed by atoms with van der Waals surface area (Å²) in [6.07, 6.45) is 3.66. The largest absolute Gasteiger partial charge is 0.283 e. The van der Waals surface area contributed by atoms with Crippen LogP contribution in [0.15, 0.2) is 88.8 Å². The van der Waals surface area contributed by atoms with E-state index in [0.717, 1.165) is 11.4 Å². The Kier molecular flexibility index (Phi) is 6.05. The SMILES string of the molecule is C[C@@H](N=Cc1cccc(C=N[C@H](C)c2ccccc2)n1)c1ccccc1. The third-order valence-corrected chi connectivity index (χ3v) is 4.22. The highest BCUT2D eigenvalue weighted by molar-refractivity contribution is 5.81. The molecule has 2 atom stereocenters. The van der Waals surface area contributed by atoms with Crippen LogP contribution >= 0.6 is 0 Å². The van der Waals surface area contributed by atoms with Crippen molar-refractivity contribution in [1.82, 2.24) is 4.98 Å². The third kappa shape index (κ3) is 4.96. The van der Waals surface area contributed by atoms with Gasteiger partial charge in [-0.25, -0.2) is 4.98 Å². The zero-order valence-electron chi connectivity index (χ0n) is 15.2. The van der Waals surface area contributed by atoms with Crippen molar-refractivity contribution in [3.63, 3.8) is 0 Å². The lowest BCUT2D eigenvalue weighted by Crippen LogP contribution is -1.97. The summed E-state index contributed by atoms with van der Waals surface area (Å²) in [5.41, 5.74) is 4.06. The molecule has 0 saturated heterocycles. The molecule has 3 rings (SSSR count). The van der Waals surface area contributed by atoms with Gasteiger partial charge in [-0.2, -0.15) is 0 Å². The molecule has 0 unspecified atom stereocenters. The quantitative estimate of drug-likeness (QED) is 0.550. The summed E-state index contributed by atoms with van der Waals surface area (Å²) in [7, 11) is 0. The standard InChI is InChI=1S/C23H23N3/c1-18(20-10-5-3-6-11-20)24-16-22-14-9-15-23(26-22)17-25-19(2)21-12-7-4-8-13-21/h3-19H,1-2H3/t18-,19-/m1/s1. The second kappa shape index (κ2) is 8.86. The summed E-state index contributed by atoms with van der Waals surface area (Å²) in [6, 6.07) is 26.6. The molecule has 0 fully saturated rings. The van der Waals surface area contributed by atoms with Crippen LogP contribution in [0.4, 0.5) is 0 Å². The third-order valence-electron chi connectivity index (χ3n) is 4.22. The summed E-state index contributed by atoms with van der Waals surface area (Å²) in [5, 5.41) is 0. The van der Waals surface area contributed by atoms with Gasteiger partial charge in [0.05, 0.1) is 23.5 Å². The minimum atomic E-state index is 0.105. The number of nitrogens with zero attached hydrogens (tertiary/aromatic N) is 3. The van der Waals surface area contributed by atoms with Gasteiger partial charge in [-0.1, -0.05) is 66.7 Å². The van der Waals surface area contributed by atoms with Crippen molar-refractivity contribution < 1.29 is 0 Å². The maximum atomic E-state index is 4.62. The van der Waals surface area contributed by atoms with Gasteiger partial charge in [-0.3, -0.25) is 9.98 Å². The van der Waals surface area contributed by atoms with E-state index in [1.165, 1.54) is 11.1 Å². The van der Waals surface area contributed by atoms with Crippen molar-refractivity contribution in [2.75, 3.05) is 0 Å². The Hall–Kier alpha value is -3.07.